The van der Waals surface area contributed by atoms with Gasteiger partial charge in [-0.15, -0.1) is 0 Å². The van der Waals surface area contributed by atoms with Crippen LogP contribution < -0.4 is 0 Å². The van der Waals surface area contributed by atoms with E-state index in [-0.39, 0.29) is 6.42 Å². The summed E-state index contributed by atoms with van der Waals surface area (Å²) in [5.74, 6) is 8.19. The average molecular weight is 492 g/mol. The van der Waals surface area contributed by atoms with E-state index in [0.29, 0.717) is 5.56 Å². The first-order valence-electron chi connectivity index (χ1n) is 12.1. The summed E-state index contributed by atoms with van der Waals surface area (Å²) in [7, 11) is 1.40. The molecule has 1 heterocycles. The maximum Gasteiger partial charge on any atom is 0.254 e. The van der Waals surface area contributed by atoms with Crippen molar-refractivity contribution < 1.29 is 19.5 Å². The fourth-order valence-electron chi connectivity index (χ4n) is 4.21. The number of ketones is 2. The molecule has 1 saturated heterocycles. The maximum absolute atomic E-state index is 12.8. The lowest BCUT2D eigenvalue weighted by Crippen LogP contribution is -2.48. The summed E-state index contributed by atoms with van der Waals surface area (Å²) < 4.78 is 0. The van der Waals surface area contributed by atoms with Gasteiger partial charge in [0.25, 0.3) is 5.91 Å². The van der Waals surface area contributed by atoms with Crippen LogP contribution in [0, 0.1) is 17.8 Å². The Kier molecular flexibility index (Phi) is 10.1. The lowest BCUT2D eigenvalue weighted by molar-refractivity contribution is -0.134. The number of aliphatic hydroxyl groups excluding tert-OH is 1. The Morgan fingerprint density at radius 1 is 0.971 bits per heavy atom. The first-order valence-corrected chi connectivity index (χ1v) is 13.3. The molecule has 0 saturated carbocycles. The van der Waals surface area contributed by atoms with Crippen LogP contribution >= 0.6 is 11.8 Å². The summed E-state index contributed by atoms with van der Waals surface area (Å²) in [6.07, 6.45) is 5.15. The second-order valence-corrected chi connectivity index (χ2v) is 10.1. The third-order valence-corrected chi connectivity index (χ3v) is 7.49. The lowest BCUT2D eigenvalue weighted by Gasteiger charge is -2.25. The molecule has 184 valence electrons. The van der Waals surface area contributed by atoms with Crippen LogP contribution in [-0.4, -0.2) is 58.7 Å². The first-order chi connectivity index (χ1) is 16.9. The van der Waals surface area contributed by atoms with Crippen molar-refractivity contribution in [1.29, 1.82) is 0 Å². The number of amides is 1. The molecular weight excluding hydrogens is 458 g/mol. The molecule has 0 aliphatic carbocycles. The number of Topliss-reactive ketones (excluding diaryl/α,β-unsaturated/α-hetero) is 2. The maximum atomic E-state index is 12.8. The Bertz CT molecular complexity index is 1060. The number of aryl methyl sites for hydroxylation is 1. The van der Waals surface area contributed by atoms with Crippen LogP contribution in [0.5, 0.6) is 0 Å². The fraction of sp³-hybridized carbons (Fsp3) is 0.414. The van der Waals surface area contributed by atoms with Gasteiger partial charge in [0.05, 0.1) is 0 Å². The average Bonchev–Trinajstić information content (AvgIpc) is 2.91. The molecule has 35 heavy (non-hydrogen) atoms. The van der Waals surface area contributed by atoms with Crippen LogP contribution in [0.3, 0.4) is 0 Å². The number of nitrogens with zero attached hydrogens (tertiary/aromatic N) is 1. The van der Waals surface area contributed by atoms with Crippen LogP contribution in [0.15, 0.2) is 48.5 Å². The minimum atomic E-state index is -1.28. The van der Waals surface area contributed by atoms with Gasteiger partial charge in [-0.2, -0.15) is 11.8 Å². The molecule has 0 radical (unpaired) electrons. The van der Waals surface area contributed by atoms with Crippen LogP contribution in [0.2, 0.25) is 0 Å². The Morgan fingerprint density at radius 2 is 1.54 bits per heavy atom. The van der Waals surface area contributed by atoms with Crippen molar-refractivity contribution in [2.24, 2.45) is 5.92 Å². The predicted octanol–water partition coefficient (Wildman–Crippen LogP) is 4.14. The van der Waals surface area contributed by atoms with Gasteiger partial charge < -0.3 is 10.0 Å². The van der Waals surface area contributed by atoms with Crippen molar-refractivity contribution in [2.45, 2.75) is 45.1 Å². The molecule has 1 atom stereocenters. The minimum Gasteiger partial charge on any atom is -0.388 e. The zero-order valence-electron chi connectivity index (χ0n) is 20.5. The van der Waals surface area contributed by atoms with Gasteiger partial charge in [0.2, 0.25) is 0 Å². The molecule has 6 heteroatoms. The van der Waals surface area contributed by atoms with Crippen molar-refractivity contribution >= 4 is 29.2 Å². The van der Waals surface area contributed by atoms with Gasteiger partial charge in [-0.1, -0.05) is 30.9 Å². The second kappa shape index (κ2) is 13.3. The number of carbonyl (C=O) groups excluding carboxylic acids is 3. The zero-order valence-corrected chi connectivity index (χ0v) is 21.3. The predicted molar refractivity (Wildman–Crippen MR) is 141 cm³/mol. The SMILES string of the molecule is CCC(=O)C(C(=O)CO)N(C)C(=O)c1ccc(C#Cc2ccc(CCC3CCSCC3)cc2)cc1. The summed E-state index contributed by atoms with van der Waals surface area (Å²) in [6, 6.07) is 13.9. The lowest BCUT2D eigenvalue weighted by atomic mass is 9.94. The van der Waals surface area contributed by atoms with Gasteiger partial charge in [-0.05, 0) is 85.1 Å². The van der Waals surface area contributed by atoms with Gasteiger partial charge in [0.15, 0.2) is 17.6 Å². The number of hydrogen-bond acceptors (Lipinski definition) is 5. The molecule has 0 aromatic heterocycles. The van der Waals surface area contributed by atoms with Crippen molar-refractivity contribution in [3.8, 4) is 11.8 Å². The van der Waals surface area contributed by atoms with E-state index in [9.17, 15) is 19.5 Å². The van der Waals surface area contributed by atoms with E-state index in [1.54, 1.807) is 31.2 Å². The van der Waals surface area contributed by atoms with Crippen LogP contribution in [0.4, 0.5) is 0 Å². The smallest absolute Gasteiger partial charge is 0.254 e. The quantitative estimate of drug-likeness (QED) is 0.422. The minimum absolute atomic E-state index is 0.100. The molecule has 1 N–H and O–H groups in total. The number of likely N-dealkylation sites (N-methyl/N-ethyl adjacent to an activating group) is 1. The third-order valence-electron chi connectivity index (χ3n) is 6.44. The third kappa shape index (κ3) is 7.55. The van der Waals surface area contributed by atoms with E-state index < -0.39 is 30.1 Å². The molecule has 5 nitrogen and oxygen atoms in total. The van der Waals surface area contributed by atoms with Crippen molar-refractivity contribution in [1.82, 2.24) is 4.90 Å². The van der Waals surface area contributed by atoms with Gasteiger partial charge in [0.1, 0.15) is 6.61 Å². The number of carbonyl (C=O) groups is 3. The molecule has 1 aliphatic rings. The molecule has 1 unspecified atom stereocenters. The van der Waals surface area contributed by atoms with Gasteiger partial charge in [-0.3, -0.25) is 14.4 Å². The Hall–Kier alpha value is -2.88. The van der Waals surface area contributed by atoms with E-state index in [0.717, 1.165) is 28.4 Å². The second-order valence-electron chi connectivity index (χ2n) is 8.88. The standard InChI is InChI=1S/C29H33NO4S/c1-3-26(32)28(27(33)20-31)30(2)29(34)25-14-12-23(13-15-25)9-8-21-4-6-22(7-5-21)10-11-24-16-18-35-19-17-24/h4-7,12-15,24,28,31H,3,10-11,16-20H2,1-2H3. The van der Waals surface area contributed by atoms with E-state index in [2.05, 4.69) is 47.9 Å². The van der Waals surface area contributed by atoms with Crippen molar-refractivity contribution in [3.63, 3.8) is 0 Å². The molecule has 2 aromatic carbocycles. The molecule has 1 fully saturated rings. The summed E-state index contributed by atoms with van der Waals surface area (Å²) in [6.45, 7) is 0.833. The Morgan fingerprint density at radius 3 is 2.09 bits per heavy atom. The number of hydrogen-bond donors (Lipinski definition) is 1. The van der Waals surface area contributed by atoms with Gasteiger partial charge >= 0.3 is 0 Å². The van der Waals surface area contributed by atoms with Crippen molar-refractivity contribution in [3.05, 3.63) is 70.8 Å². The van der Waals surface area contributed by atoms with Gasteiger partial charge in [0, 0.05) is 30.2 Å². The number of thioether (sulfide) groups is 1. The largest absolute Gasteiger partial charge is 0.388 e. The van der Waals surface area contributed by atoms with E-state index in [1.807, 2.05) is 0 Å². The normalized spacial score (nSPS) is 14.5. The summed E-state index contributed by atoms with van der Waals surface area (Å²) in [5.41, 5.74) is 3.39. The molecule has 3 rings (SSSR count). The van der Waals surface area contributed by atoms with E-state index >= 15 is 0 Å². The monoisotopic (exact) mass is 491 g/mol. The summed E-state index contributed by atoms with van der Waals surface area (Å²) >= 11 is 2.07. The first kappa shape index (κ1) is 26.7. The molecule has 2 aromatic rings. The van der Waals surface area contributed by atoms with Gasteiger partial charge in [-0.25, -0.2) is 0 Å². The fourth-order valence-corrected chi connectivity index (χ4v) is 5.42. The number of benzene rings is 2. The zero-order chi connectivity index (χ0) is 25.2. The molecule has 0 bridgehead atoms. The topological polar surface area (TPSA) is 74.7 Å². The summed E-state index contributed by atoms with van der Waals surface area (Å²) in [4.78, 5) is 38.1. The Labute approximate surface area is 212 Å². The highest BCUT2D eigenvalue weighted by molar-refractivity contribution is 7.99. The molecule has 1 amide bonds. The highest BCUT2D eigenvalue weighted by atomic mass is 32.2. The number of rotatable bonds is 9. The van der Waals surface area contributed by atoms with Crippen molar-refractivity contribution in [2.75, 3.05) is 25.2 Å². The highest BCUT2D eigenvalue weighted by Crippen LogP contribution is 2.26. The van der Waals surface area contributed by atoms with Crippen LogP contribution in [0.25, 0.3) is 0 Å². The molecular formula is C29H33NO4S. The summed E-state index contributed by atoms with van der Waals surface area (Å²) in [5, 5.41) is 9.18. The highest BCUT2D eigenvalue weighted by Gasteiger charge is 2.32. The number of aliphatic hydroxyl groups is 1. The van der Waals surface area contributed by atoms with E-state index in [4.69, 9.17) is 0 Å². The molecule has 0 spiro atoms. The molecule has 1 aliphatic heterocycles. The van der Waals surface area contributed by atoms with Crippen LogP contribution in [0.1, 0.15) is 59.7 Å². The Balaban J connectivity index is 1.60. The van der Waals surface area contributed by atoms with E-state index in [1.165, 1.54) is 43.4 Å². The van der Waals surface area contributed by atoms with Crippen LogP contribution in [-0.2, 0) is 16.0 Å².